The van der Waals surface area contributed by atoms with Gasteiger partial charge in [-0.2, -0.15) is 0 Å². The Hall–Kier alpha value is -1.78. The van der Waals surface area contributed by atoms with Gasteiger partial charge in [0.1, 0.15) is 0 Å². The molecule has 0 saturated carbocycles. The normalized spacial score (nSPS) is 20.4. The molecule has 5 heteroatoms. The molecule has 1 fully saturated rings. The molecule has 0 aliphatic carbocycles. The fraction of sp³-hybridized carbons (Fsp3) is 0.455. The molecule has 1 atom stereocenters. The van der Waals surface area contributed by atoms with Crippen molar-refractivity contribution in [2.45, 2.75) is 13.0 Å². The average molecular weight is 221 g/mol. The Morgan fingerprint density at radius 2 is 2.06 bits per heavy atom. The van der Waals surface area contributed by atoms with Gasteiger partial charge in [0, 0.05) is 38.4 Å². The first kappa shape index (κ1) is 10.7. The Balaban J connectivity index is 1.87. The summed E-state index contributed by atoms with van der Waals surface area (Å²) in [7, 11) is 0. The molecule has 86 valence electrons. The second-order valence-electron chi connectivity index (χ2n) is 4.06. The van der Waals surface area contributed by atoms with Crippen molar-refractivity contribution < 1.29 is 9.59 Å². The van der Waals surface area contributed by atoms with Crippen molar-refractivity contribution in [1.29, 1.82) is 0 Å². The zero-order chi connectivity index (χ0) is 11.5. The van der Waals surface area contributed by atoms with Gasteiger partial charge in [0.2, 0.25) is 11.8 Å². The van der Waals surface area contributed by atoms with Gasteiger partial charge < -0.3 is 15.2 Å². The number of aromatic nitrogens is 1. The fourth-order valence-electron chi connectivity index (χ4n) is 1.93. The number of nitrogens with two attached hydrogens (primary N) is 1. The summed E-state index contributed by atoms with van der Waals surface area (Å²) in [5, 5.41) is 0. The summed E-state index contributed by atoms with van der Waals surface area (Å²) >= 11 is 0. The first-order chi connectivity index (χ1) is 7.66. The summed E-state index contributed by atoms with van der Waals surface area (Å²) in [6.45, 7) is 1.86. The van der Waals surface area contributed by atoms with E-state index in [0.717, 1.165) is 6.54 Å². The van der Waals surface area contributed by atoms with Crippen LogP contribution in [0.5, 0.6) is 0 Å². The summed E-state index contributed by atoms with van der Waals surface area (Å²) < 4.78 is 2.00. The van der Waals surface area contributed by atoms with E-state index in [-0.39, 0.29) is 24.2 Å². The van der Waals surface area contributed by atoms with E-state index >= 15 is 0 Å². The number of carbonyl (C=O) groups is 2. The van der Waals surface area contributed by atoms with Crippen LogP contribution in [0.2, 0.25) is 0 Å². The Kier molecular flexibility index (Phi) is 2.94. The van der Waals surface area contributed by atoms with E-state index in [1.165, 1.54) is 0 Å². The lowest BCUT2D eigenvalue weighted by Gasteiger charge is -2.16. The summed E-state index contributed by atoms with van der Waals surface area (Å²) in [5.74, 6) is -0.662. The molecular weight excluding hydrogens is 206 g/mol. The smallest absolute Gasteiger partial charge is 0.223 e. The molecule has 1 aliphatic rings. The number of amides is 2. The van der Waals surface area contributed by atoms with Crippen LogP contribution >= 0.6 is 0 Å². The van der Waals surface area contributed by atoms with Crippen molar-refractivity contribution in [3.63, 3.8) is 0 Å². The summed E-state index contributed by atoms with van der Waals surface area (Å²) in [6, 6.07) is 3.88. The van der Waals surface area contributed by atoms with Gasteiger partial charge >= 0.3 is 0 Å². The highest BCUT2D eigenvalue weighted by Crippen LogP contribution is 2.16. The highest BCUT2D eigenvalue weighted by molar-refractivity contribution is 5.88. The molecule has 1 aliphatic heterocycles. The molecule has 2 heterocycles. The zero-order valence-corrected chi connectivity index (χ0v) is 9.00. The highest BCUT2D eigenvalue weighted by atomic mass is 16.2. The summed E-state index contributed by atoms with van der Waals surface area (Å²) in [5.41, 5.74) is 5.19. The number of hydrogen-bond donors (Lipinski definition) is 1. The van der Waals surface area contributed by atoms with Gasteiger partial charge in [-0.1, -0.05) is 0 Å². The second kappa shape index (κ2) is 4.38. The number of carbonyl (C=O) groups excluding carboxylic acids is 2. The van der Waals surface area contributed by atoms with Gasteiger partial charge in [0.05, 0.1) is 5.92 Å². The molecule has 1 aromatic heterocycles. The van der Waals surface area contributed by atoms with Crippen LogP contribution in [0.25, 0.3) is 0 Å². The van der Waals surface area contributed by atoms with Crippen LogP contribution in [-0.4, -0.2) is 34.4 Å². The quantitative estimate of drug-likeness (QED) is 0.766. The third kappa shape index (κ3) is 2.24. The van der Waals surface area contributed by atoms with Gasteiger partial charge in [-0.15, -0.1) is 0 Å². The lowest BCUT2D eigenvalue weighted by Crippen LogP contribution is -2.31. The maximum atomic E-state index is 11.6. The standard InChI is InChI=1S/C11H15N3O2/c12-11(16)9-7-10(15)14(8-9)6-5-13-3-1-2-4-13/h1-4,9H,5-8H2,(H2,12,16). The van der Waals surface area contributed by atoms with Crippen LogP contribution in [0.4, 0.5) is 0 Å². The van der Waals surface area contributed by atoms with Crippen LogP contribution in [0, 0.1) is 5.92 Å². The number of rotatable bonds is 4. The minimum Gasteiger partial charge on any atom is -0.369 e. The van der Waals surface area contributed by atoms with E-state index in [0.29, 0.717) is 13.1 Å². The average Bonchev–Trinajstić information content (AvgIpc) is 2.84. The Morgan fingerprint density at radius 3 is 2.62 bits per heavy atom. The number of hydrogen-bond acceptors (Lipinski definition) is 2. The topological polar surface area (TPSA) is 68.3 Å². The largest absolute Gasteiger partial charge is 0.369 e. The van der Waals surface area contributed by atoms with Gasteiger partial charge in [-0.3, -0.25) is 9.59 Å². The van der Waals surface area contributed by atoms with E-state index in [1.807, 2.05) is 29.1 Å². The minimum absolute atomic E-state index is 0.0240. The second-order valence-corrected chi connectivity index (χ2v) is 4.06. The third-order valence-corrected chi connectivity index (χ3v) is 2.91. The van der Waals surface area contributed by atoms with Crippen LogP contribution in [0.15, 0.2) is 24.5 Å². The predicted octanol–water partition coefficient (Wildman–Crippen LogP) is -0.178. The molecule has 0 spiro atoms. The van der Waals surface area contributed by atoms with Crippen LogP contribution in [-0.2, 0) is 16.1 Å². The lowest BCUT2D eigenvalue weighted by atomic mass is 10.1. The third-order valence-electron chi connectivity index (χ3n) is 2.91. The first-order valence-electron chi connectivity index (χ1n) is 5.34. The Labute approximate surface area is 93.8 Å². The van der Waals surface area contributed by atoms with Crippen LogP contribution in [0.3, 0.4) is 0 Å². The van der Waals surface area contributed by atoms with Crippen molar-refractivity contribution in [3.05, 3.63) is 24.5 Å². The lowest BCUT2D eigenvalue weighted by molar-refractivity contribution is -0.128. The molecule has 0 aromatic carbocycles. The van der Waals surface area contributed by atoms with Crippen LogP contribution in [0.1, 0.15) is 6.42 Å². The van der Waals surface area contributed by atoms with Gasteiger partial charge in [0.15, 0.2) is 0 Å². The molecule has 2 amide bonds. The summed E-state index contributed by atoms with van der Waals surface area (Å²) in [6.07, 6.45) is 4.17. The molecule has 1 saturated heterocycles. The number of nitrogens with zero attached hydrogens (tertiary/aromatic N) is 2. The zero-order valence-electron chi connectivity index (χ0n) is 9.00. The number of primary amides is 1. The molecular formula is C11H15N3O2. The molecule has 0 bridgehead atoms. The fourth-order valence-corrected chi connectivity index (χ4v) is 1.93. The monoisotopic (exact) mass is 221 g/mol. The van der Waals surface area contributed by atoms with Crippen LogP contribution < -0.4 is 5.73 Å². The van der Waals surface area contributed by atoms with Gasteiger partial charge in [-0.25, -0.2) is 0 Å². The Morgan fingerprint density at radius 1 is 1.38 bits per heavy atom. The first-order valence-corrected chi connectivity index (χ1v) is 5.34. The Bertz CT molecular complexity index is 386. The van der Waals surface area contributed by atoms with Gasteiger partial charge in [0.25, 0.3) is 0 Å². The van der Waals surface area contributed by atoms with E-state index in [1.54, 1.807) is 4.90 Å². The maximum Gasteiger partial charge on any atom is 0.223 e. The summed E-state index contributed by atoms with van der Waals surface area (Å²) in [4.78, 5) is 24.2. The molecule has 5 nitrogen and oxygen atoms in total. The molecule has 2 N–H and O–H groups in total. The molecule has 0 radical (unpaired) electrons. The van der Waals surface area contributed by atoms with E-state index < -0.39 is 0 Å². The van der Waals surface area contributed by atoms with E-state index in [4.69, 9.17) is 5.73 Å². The molecule has 2 rings (SSSR count). The van der Waals surface area contributed by atoms with Crippen molar-refractivity contribution in [3.8, 4) is 0 Å². The molecule has 1 aromatic rings. The van der Waals surface area contributed by atoms with Crippen molar-refractivity contribution in [1.82, 2.24) is 9.47 Å². The van der Waals surface area contributed by atoms with Crippen molar-refractivity contribution in [2.75, 3.05) is 13.1 Å². The highest BCUT2D eigenvalue weighted by Gasteiger charge is 2.32. The molecule has 1 unspecified atom stereocenters. The number of likely N-dealkylation sites (tertiary alicyclic amines) is 1. The van der Waals surface area contributed by atoms with Crippen molar-refractivity contribution >= 4 is 11.8 Å². The SMILES string of the molecule is NC(=O)C1CC(=O)N(CCn2cccc2)C1. The maximum absolute atomic E-state index is 11.6. The van der Waals surface area contributed by atoms with E-state index in [9.17, 15) is 9.59 Å². The minimum atomic E-state index is -0.378. The molecule has 16 heavy (non-hydrogen) atoms. The van der Waals surface area contributed by atoms with Crippen molar-refractivity contribution in [2.24, 2.45) is 11.7 Å². The predicted molar refractivity (Wildman–Crippen MR) is 58.3 cm³/mol. The van der Waals surface area contributed by atoms with E-state index in [2.05, 4.69) is 0 Å². The van der Waals surface area contributed by atoms with Gasteiger partial charge in [-0.05, 0) is 12.1 Å².